The fourth-order valence-electron chi connectivity index (χ4n) is 2.84. The minimum atomic E-state index is -1.18. The highest BCUT2D eigenvalue weighted by Crippen LogP contribution is 2.14. The van der Waals surface area contributed by atoms with Crippen LogP contribution in [-0.2, 0) is 11.2 Å². The lowest BCUT2D eigenvalue weighted by Crippen LogP contribution is -2.49. The Bertz CT molecular complexity index is 513. The second kappa shape index (κ2) is 8.53. The van der Waals surface area contributed by atoms with Crippen LogP contribution in [0.1, 0.15) is 18.4 Å². The smallest absolute Gasteiger partial charge is 0.405 e. The predicted molar refractivity (Wildman–Crippen MR) is 88.3 cm³/mol. The van der Waals surface area contributed by atoms with Crippen molar-refractivity contribution in [3.63, 3.8) is 0 Å². The number of amides is 2. The van der Waals surface area contributed by atoms with Gasteiger partial charge in [0.25, 0.3) is 0 Å². The Morgan fingerprint density at radius 3 is 2.52 bits per heavy atom. The Balaban J connectivity index is 1.87. The van der Waals surface area contributed by atoms with E-state index in [4.69, 9.17) is 5.11 Å². The zero-order valence-corrected chi connectivity index (χ0v) is 13.5. The van der Waals surface area contributed by atoms with Crippen LogP contribution in [0.5, 0.6) is 0 Å². The van der Waals surface area contributed by atoms with Crippen LogP contribution in [0.25, 0.3) is 0 Å². The molecule has 6 nitrogen and oxygen atoms in total. The minimum absolute atomic E-state index is 0.254. The molecule has 0 radical (unpaired) electrons. The van der Waals surface area contributed by atoms with Gasteiger partial charge in [0.2, 0.25) is 5.91 Å². The number of carbonyl (C=O) groups excluding carboxylic acids is 1. The summed E-state index contributed by atoms with van der Waals surface area (Å²) in [5.41, 5.74) is 0.931. The van der Waals surface area contributed by atoms with E-state index in [0.29, 0.717) is 18.9 Å². The van der Waals surface area contributed by atoms with E-state index in [1.165, 1.54) is 0 Å². The maximum Gasteiger partial charge on any atom is 0.405 e. The average molecular weight is 319 g/mol. The molecule has 1 atom stereocenters. The van der Waals surface area contributed by atoms with Crippen molar-refractivity contribution >= 4 is 12.0 Å². The summed E-state index contributed by atoms with van der Waals surface area (Å²) in [5, 5.41) is 14.2. The molecule has 1 saturated heterocycles. The van der Waals surface area contributed by atoms with E-state index in [2.05, 4.69) is 22.6 Å². The molecule has 1 aliphatic rings. The number of nitrogens with one attached hydrogen (secondary N) is 2. The first-order valence-electron chi connectivity index (χ1n) is 8.04. The molecule has 0 saturated carbocycles. The summed E-state index contributed by atoms with van der Waals surface area (Å²) >= 11 is 0. The number of piperidine rings is 1. The molecular weight excluding hydrogens is 294 g/mol. The Labute approximate surface area is 136 Å². The lowest BCUT2D eigenvalue weighted by atomic mass is 9.97. The van der Waals surface area contributed by atoms with E-state index in [-0.39, 0.29) is 5.91 Å². The Hall–Kier alpha value is -2.08. The van der Waals surface area contributed by atoms with Crippen LogP contribution in [0.3, 0.4) is 0 Å². The number of carbonyl (C=O) groups is 2. The van der Waals surface area contributed by atoms with E-state index in [0.717, 1.165) is 31.5 Å². The van der Waals surface area contributed by atoms with Gasteiger partial charge in [-0.1, -0.05) is 30.3 Å². The molecule has 1 aliphatic heterocycles. The minimum Gasteiger partial charge on any atom is -0.465 e. The number of likely N-dealkylation sites (tertiary alicyclic amines) is 1. The van der Waals surface area contributed by atoms with Crippen molar-refractivity contribution in [3.05, 3.63) is 35.9 Å². The van der Waals surface area contributed by atoms with E-state index in [1.807, 2.05) is 30.3 Å². The third-order valence-electron chi connectivity index (χ3n) is 4.30. The van der Waals surface area contributed by atoms with Gasteiger partial charge in [-0.15, -0.1) is 0 Å². The average Bonchev–Trinajstić information content (AvgIpc) is 2.54. The molecule has 23 heavy (non-hydrogen) atoms. The van der Waals surface area contributed by atoms with Gasteiger partial charge in [-0.3, -0.25) is 4.79 Å². The monoisotopic (exact) mass is 319 g/mol. The van der Waals surface area contributed by atoms with Crippen LogP contribution in [0, 0.1) is 5.92 Å². The summed E-state index contributed by atoms with van der Waals surface area (Å²) in [6.45, 7) is 2.70. The summed E-state index contributed by atoms with van der Waals surface area (Å²) in [6, 6.07) is 8.67. The first kappa shape index (κ1) is 17.3. The van der Waals surface area contributed by atoms with Gasteiger partial charge in [0.15, 0.2) is 0 Å². The third-order valence-corrected chi connectivity index (χ3v) is 4.30. The van der Waals surface area contributed by atoms with Crippen LogP contribution >= 0.6 is 0 Å². The van der Waals surface area contributed by atoms with Gasteiger partial charge in [-0.05, 0) is 44.5 Å². The molecule has 1 unspecified atom stereocenters. The van der Waals surface area contributed by atoms with Gasteiger partial charge in [-0.2, -0.15) is 0 Å². The fraction of sp³-hybridized carbons (Fsp3) is 0.529. The molecule has 0 spiro atoms. The van der Waals surface area contributed by atoms with Gasteiger partial charge in [0, 0.05) is 13.0 Å². The van der Waals surface area contributed by atoms with Crippen LogP contribution in [0.4, 0.5) is 4.79 Å². The lowest BCUT2D eigenvalue weighted by Gasteiger charge is -2.29. The zero-order chi connectivity index (χ0) is 16.7. The normalized spacial score (nSPS) is 17.4. The van der Waals surface area contributed by atoms with E-state index in [9.17, 15) is 9.59 Å². The number of benzene rings is 1. The highest BCUT2D eigenvalue weighted by Gasteiger charge is 2.23. The number of nitrogens with zero attached hydrogens (tertiary/aromatic N) is 1. The molecule has 2 rings (SSSR count). The number of rotatable bonds is 6. The second-order valence-electron chi connectivity index (χ2n) is 6.18. The van der Waals surface area contributed by atoms with E-state index >= 15 is 0 Å². The van der Waals surface area contributed by atoms with Crippen molar-refractivity contribution in [2.24, 2.45) is 5.92 Å². The number of carboxylic acid groups (broad SMARTS) is 1. The summed E-state index contributed by atoms with van der Waals surface area (Å²) < 4.78 is 0. The molecular formula is C17H25N3O3. The quantitative estimate of drug-likeness (QED) is 0.739. The Morgan fingerprint density at radius 1 is 1.26 bits per heavy atom. The maximum atomic E-state index is 12.3. The van der Waals surface area contributed by atoms with Gasteiger partial charge in [0.1, 0.15) is 6.04 Å². The highest BCUT2D eigenvalue weighted by atomic mass is 16.4. The first-order chi connectivity index (χ1) is 11.0. The molecule has 6 heteroatoms. The topological polar surface area (TPSA) is 81.7 Å². The van der Waals surface area contributed by atoms with Gasteiger partial charge in [-0.25, -0.2) is 4.79 Å². The molecule has 0 aromatic heterocycles. The molecule has 0 bridgehead atoms. The third kappa shape index (κ3) is 5.90. The van der Waals surface area contributed by atoms with Crippen molar-refractivity contribution < 1.29 is 14.7 Å². The summed E-state index contributed by atoms with van der Waals surface area (Å²) in [6.07, 6.45) is 1.30. The molecule has 2 amide bonds. The molecule has 0 aliphatic carbocycles. The fourth-order valence-corrected chi connectivity index (χ4v) is 2.84. The SMILES string of the molecule is CN1CCC(CNC(=O)C(Cc2ccccc2)NC(=O)O)CC1. The largest absolute Gasteiger partial charge is 0.465 e. The molecule has 1 aromatic carbocycles. The Kier molecular flexibility index (Phi) is 6.40. The lowest BCUT2D eigenvalue weighted by molar-refractivity contribution is -0.123. The van der Waals surface area contributed by atoms with Crippen molar-refractivity contribution in [2.45, 2.75) is 25.3 Å². The summed E-state index contributed by atoms with van der Waals surface area (Å²) in [5.74, 6) is 0.215. The zero-order valence-electron chi connectivity index (χ0n) is 13.5. The van der Waals surface area contributed by atoms with Crippen LogP contribution < -0.4 is 10.6 Å². The van der Waals surface area contributed by atoms with Gasteiger partial charge >= 0.3 is 6.09 Å². The molecule has 3 N–H and O–H groups in total. The summed E-state index contributed by atoms with van der Waals surface area (Å²) in [4.78, 5) is 25.6. The van der Waals surface area contributed by atoms with Gasteiger partial charge in [0.05, 0.1) is 0 Å². The Morgan fingerprint density at radius 2 is 1.91 bits per heavy atom. The molecule has 1 aromatic rings. The number of hydrogen-bond donors (Lipinski definition) is 3. The molecule has 1 fully saturated rings. The van der Waals surface area contributed by atoms with E-state index in [1.54, 1.807) is 0 Å². The van der Waals surface area contributed by atoms with Crippen molar-refractivity contribution in [2.75, 3.05) is 26.7 Å². The summed E-state index contributed by atoms with van der Waals surface area (Å²) in [7, 11) is 2.10. The van der Waals surface area contributed by atoms with Crippen LogP contribution in [-0.4, -0.2) is 54.7 Å². The highest BCUT2D eigenvalue weighted by molar-refractivity contribution is 5.85. The van der Waals surface area contributed by atoms with Crippen molar-refractivity contribution in [3.8, 4) is 0 Å². The second-order valence-corrected chi connectivity index (χ2v) is 6.18. The van der Waals surface area contributed by atoms with Crippen molar-refractivity contribution in [1.82, 2.24) is 15.5 Å². The first-order valence-corrected chi connectivity index (χ1v) is 8.04. The van der Waals surface area contributed by atoms with Crippen LogP contribution in [0.15, 0.2) is 30.3 Å². The van der Waals surface area contributed by atoms with Crippen molar-refractivity contribution in [1.29, 1.82) is 0 Å². The predicted octanol–water partition coefficient (Wildman–Crippen LogP) is 1.32. The maximum absolute atomic E-state index is 12.3. The number of hydrogen-bond acceptors (Lipinski definition) is 3. The van der Waals surface area contributed by atoms with Gasteiger partial charge < -0.3 is 20.6 Å². The van der Waals surface area contributed by atoms with Crippen LogP contribution in [0.2, 0.25) is 0 Å². The van der Waals surface area contributed by atoms with E-state index < -0.39 is 12.1 Å². The standard InChI is InChI=1S/C17H25N3O3/c1-20-9-7-14(8-10-20)12-18-16(21)15(19-17(22)23)11-13-5-3-2-4-6-13/h2-6,14-15,19H,7-12H2,1H3,(H,18,21)(H,22,23). The molecule has 1 heterocycles. The molecule has 126 valence electrons.